The zero-order valence-electron chi connectivity index (χ0n) is 10.5. The van der Waals surface area contributed by atoms with E-state index >= 15 is 0 Å². The summed E-state index contributed by atoms with van der Waals surface area (Å²) >= 11 is 0. The number of nitrogens with one attached hydrogen (secondary N) is 2. The van der Waals surface area contributed by atoms with Crippen molar-refractivity contribution in [3.8, 4) is 0 Å². The van der Waals surface area contributed by atoms with Crippen molar-refractivity contribution < 1.29 is 9.59 Å². The molecule has 0 radical (unpaired) electrons. The summed E-state index contributed by atoms with van der Waals surface area (Å²) in [6, 6.07) is -0.715. The lowest BCUT2D eigenvalue weighted by molar-refractivity contribution is -0.131. The average molecular weight is 242 g/mol. The summed E-state index contributed by atoms with van der Waals surface area (Å²) in [5.74, 6) is -0.424. The molecule has 2 atom stereocenters. The van der Waals surface area contributed by atoms with Gasteiger partial charge in [0, 0.05) is 26.2 Å². The second-order valence-electron chi connectivity index (χ2n) is 4.33. The molecule has 0 bridgehead atoms. The van der Waals surface area contributed by atoms with Crippen molar-refractivity contribution in [2.24, 2.45) is 5.73 Å². The van der Waals surface area contributed by atoms with Crippen LogP contribution in [0.4, 0.5) is 0 Å². The average Bonchev–Trinajstić information content (AvgIpc) is 2.34. The Balaban J connectivity index is 2.61. The second kappa shape index (κ2) is 6.56. The molecule has 1 fully saturated rings. The van der Waals surface area contributed by atoms with Crippen LogP contribution in [0, 0.1) is 0 Å². The number of amides is 2. The topological polar surface area (TPSA) is 87.5 Å². The Morgan fingerprint density at radius 2 is 2.29 bits per heavy atom. The molecule has 6 heteroatoms. The van der Waals surface area contributed by atoms with Gasteiger partial charge in [-0.2, -0.15) is 0 Å². The summed E-state index contributed by atoms with van der Waals surface area (Å²) in [7, 11) is 0. The summed E-state index contributed by atoms with van der Waals surface area (Å²) in [6.45, 7) is 6.43. The van der Waals surface area contributed by atoms with E-state index in [0.717, 1.165) is 13.0 Å². The Bertz CT molecular complexity index is 283. The molecule has 1 saturated heterocycles. The van der Waals surface area contributed by atoms with Crippen molar-refractivity contribution in [3.05, 3.63) is 0 Å². The van der Waals surface area contributed by atoms with Crippen LogP contribution in [-0.2, 0) is 9.59 Å². The van der Waals surface area contributed by atoms with Gasteiger partial charge in [0.05, 0.1) is 6.04 Å². The number of hydrogen-bond acceptors (Lipinski definition) is 4. The molecule has 2 unspecified atom stereocenters. The van der Waals surface area contributed by atoms with Gasteiger partial charge in [-0.1, -0.05) is 6.92 Å². The minimum absolute atomic E-state index is 0.0417. The molecular formula is C11H22N4O2. The largest absolute Gasteiger partial charge is 0.368 e. The maximum atomic E-state index is 11.8. The van der Waals surface area contributed by atoms with E-state index in [0.29, 0.717) is 19.6 Å². The Labute approximate surface area is 102 Å². The first-order valence-corrected chi connectivity index (χ1v) is 6.11. The van der Waals surface area contributed by atoms with Crippen LogP contribution in [0.5, 0.6) is 0 Å². The lowest BCUT2D eigenvalue weighted by Crippen LogP contribution is -2.62. The Kier molecular flexibility index (Phi) is 5.37. The Hall–Kier alpha value is -1.14. The molecule has 0 aromatic carbocycles. The van der Waals surface area contributed by atoms with Crippen LogP contribution in [0.2, 0.25) is 0 Å². The van der Waals surface area contributed by atoms with E-state index in [1.165, 1.54) is 0 Å². The van der Waals surface area contributed by atoms with Gasteiger partial charge in [0.2, 0.25) is 11.8 Å². The number of nitrogens with zero attached hydrogens (tertiary/aromatic N) is 1. The highest BCUT2D eigenvalue weighted by molar-refractivity contribution is 5.84. The van der Waals surface area contributed by atoms with E-state index in [-0.39, 0.29) is 17.9 Å². The predicted octanol–water partition coefficient (Wildman–Crippen LogP) is -1.34. The maximum Gasteiger partial charge on any atom is 0.237 e. The minimum atomic E-state index is -0.397. The molecule has 0 aromatic rings. The molecule has 17 heavy (non-hydrogen) atoms. The van der Waals surface area contributed by atoms with Gasteiger partial charge in [0.1, 0.15) is 6.04 Å². The molecular weight excluding hydrogens is 220 g/mol. The number of primary amides is 1. The number of piperazine rings is 1. The zero-order chi connectivity index (χ0) is 12.8. The summed E-state index contributed by atoms with van der Waals surface area (Å²) < 4.78 is 0. The fraction of sp³-hybridized carbons (Fsp3) is 0.818. The molecule has 4 N–H and O–H groups in total. The maximum absolute atomic E-state index is 11.8. The van der Waals surface area contributed by atoms with Crippen LogP contribution in [0.25, 0.3) is 0 Å². The number of carbonyl (C=O) groups is 2. The number of rotatable bonds is 5. The van der Waals surface area contributed by atoms with Gasteiger partial charge < -0.3 is 16.4 Å². The van der Waals surface area contributed by atoms with Gasteiger partial charge in [-0.25, -0.2) is 0 Å². The molecule has 2 amide bonds. The van der Waals surface area contributed by atoms with Crippen molar-refractivity contribution in [3.63, 3.8) is 0 Å². The Morgan fingerprint density at radius 1 is 1.59 bits per heavy atom. The van der Waals surface area contributed by atoms with Crippen LogP contribution in [0.1, 0.15) is 20.3 Å². The van der Waals surface area contributed by atoms with Crippen molar-refractivity contribution >= 4 is 11.8 Å². The minimum Gasteiger partial charge on any atom is -0.368 e. The zero-order valence-corrected chi connectivity index (χ0v) is 10.5. The second-order valence-corrected chi connectivity index (χ2v) is 4.33. The van der Waals surface area contributed by atoms with Crippen LogP contribution >= 0.6 is 0 Å². The third-order valence-corrected chi connectivity index (χ3v) is 3.04. The molecule has 98 valence electrons. The van der Waals surface area contributed by atoms with E-state index < -0.39 is 6.04 Å². The number of carbonyl (C=O) groups excluding carboxylic acids is 2. The monoisotopic (exact) mass is 242 g/mol. The van der Waals surface area contributed by atoms with Crippen LogP contribution in [0.3, 0.4) is 0 Å². The van der Waals surface area contributed by atoms with Crippen molar-refractivity contribution in [2.45, 2.75) is 32.4 Å². The van der Waals surface area contributed by atoms with E-state index in [2.05, 4.69) is 10.6 Å². The first-order valence-electron chi connectivity index (χ1n) is 6.11. The van der Waals surface area contributed by atoms with Crippen molar-refractivity contribution in [1.82, 2.24) is 15.5 Å². The molecule has 1 aliphatic rings. The summed E-state index contributed by atoms with van der Waals surface area (Å²) in [5, 5.41) is 5.94. The molecule has 1 rings (SSSR count). The van der Waals surface area contributed by atoms with Crippen LogP contribution in [0.15, 0.2) is 0 Å². The SMILES string of the molecule is CCCNC(=O)C(C)N1CCNCC1C(N)=O. The predicted molar refractivity (Wildman–Crippen MR) is 65.3 cm³/mol. The van der Waals surface area contributed by atoms with Crippen LogP contribution in [-0.4, -0.2) is 55.0 Å². The van der Waals surface area contributed by atoms with Gasteiger partial charge in [0.15, 0.2) is 0 Å². The van der Waals surface area contributed by atoms with Gasteiger partial charge in [-0.3, -0.25) is 14.5 Å². The molecule has 0 spiro atoms. The molecule has 6 nitrogen and oxygen atoms in total. The van der Waals surface area contributed by atoms with Gasteiger partial charge >= 0.3 is 0 Å². The molecule has 1 aliphatic heterocycles. The van der Waals surface area contributed by atoms with Gasteiger partial charge in [-0.05, 0) is 13.3 Å². The molecule has 0 aliphatic carbocycles. The summed E-state index contributed by atoms with van der Waals surface area (Å²) in [5.41, 5.74) is 5.34. The van der Waals surface area contributed by atoms with Gasteiger partial charge in [0.25, 0.3) is 0 Å². The quantitative estimate of drug-likeness (QED) is 0.557. The van der Waals surface area contributed by atoms with E-state index in [1.807, 2.05) is 18.7 Å². The third kappa shape index (κ3) is 3.67. The highest BCUT2D eigenvalue weighted by Crippen LogP contribution is 2.08. The molecule has 0 saturated carbocycles. The highest BCUT2D eigenvalue weighted by Gasteiger charge is 2.33. The first-order chi connectivity index (χ1) is 8.07. The van der Waals surface area contributed by atoms with Crippen LogP contribution < -0.4 is 16.4 Å². The van der Waals surface area contributed by atoms with E-state index in [1.54, 1.807) is 0 Å². The first kappa shape index (κ1) is 13.9. The smallest absolute Gasteiger partial charge is 0.237 e. The molecule has 1 heterocycles. The molecule has 0 aromatic heterocycles. The standard InChI is InChI=1S/C11H22N4O2/c1-3-4-14-11(17)8(2)15-6-5-13-7-9(15)10(12)16/h8-9,13H,3-7H2,1-2H3,(H2,12,16)(H,14,17). The number of hydrogen-bond donors (Lipinski definition) is 3. The van der Waals surface area contributed by atoms with E-state index in [4.69, 9.17) is 5.73 Å². The third-order valence-electron chi connectivity index (χ3n) is 3.04. The lowest BCUT2D eigenvalue weighted by atomic mass is 10.1. The summed E-state index contributed by atoms with van der Waals surface area (Å²) in [4.78, 5) is 25.0. The highest BCUT2D eigenvalue weighted by atomic mass is 16.2. The van der Waals surface area contributed by atoms with E-state index in [9.17, 15) is 9.59 Å². The number of nitrogens with two attached hydrogens (primary N) is 1. The van der Waals surface area contributed by atoms with Crippen molar-refractivity contribution in [2.75, 3.05) is 26.2 Å². The lowest BCUT2D eigenvalue weighted by Gasteiger charge is -2.37. The fourth-order valence-corrected chi connectivity index (χ4v) is 1.99. The Morgan fingerprint density at radius 3 is 2.88 bits per heavy atom. The van der Waals surface area contributed by atoms with Crippen molar-refractivity contribution in [1.29, 1.82) is 0 Å². The normalized spacial score (nSPS) is 23.1. The summed E-state index contributed by atoms with van der Waals surface area (Å²) in [6.07, 6.45) is 0.902. The van der Waals surface area contributed by atoms with Gasteiger partial charge in [-0.15, -0.1) is 0 Å². The fourth-order valence-electron chi connectivity index (χ4n) is 1.99.